The Morgan fingerprint density at radius 2 is 1.56 bits per heavy atom. The van der Waals surface area contributed by atoms with Gasteiger partial charge in [-0.15, -0.1) is 0 Å². The Morgan fingerprint density at radius 1 is 0.917 bits per heavy atom. The summed E-state index contributed by atoms with van der Waals surface area (Å²) >= 11 is 0. The van der Waals surface area contributed by atoms with Crippen LogP contribution in [-0.4, -0.2) is 36.3 Å². The second-order valence-corrected chi connectivity index (χ2v) is 8.74. The molecule has 7 heteroatoms. The molecular weight excluding hydrogens is 458 g/mol. The molecule has 0 aliphatic heterocycles. The zero-order valence-corrected chi connectivity index (χ0v) is 20.9. The smallest absolute Gasteiger partial charge is 0.307 e. The second-order valence-electron chi connectivity index (χ2n) is 8.74. The number of aliphatic carboxylic acids is 1. The third kappa shape index (κ3) is 7.09. The topological polar surface area (TPSA) is 105 Å². The lowest BCUT2D eigenvalue weighted by Crippen LogP contribution is -2.28. The number of benzene rings is 3. The van der Waals surface area contributed by atoms with Crippen molar-refractivity contribution in [3.05, 3.63) is 89.0 Å². The summed E-state index contributed by atoms with van der Waals surface area (Å²) in [6.45, 7) is 1.86. The van der Waals surface area contributed by atoms with Crippen molar-refractivity contribution in [3.63, 3.8) is 0 Å². The van der Waals surface area contributed by atoms with Crippen molar-refractivity contribution < 1.29 is 29.3 Å². The third-order valence-electron chi connectivity index (χ3n) is 6.21. The van der Waals surface area contributed by atoms with Gasteiger partial charge in [0.05, 0.1) is 32.7 Å². The van der Waals surface area contributed by atoms with E-state index in [-0.39, 0.29) is 12.3 Å². The highest BCUT2D eigenvalue weighted by atomic mass is 16.5. The van der Waals surface area contributed by atoms with Gasteiger partial charge in [-0.25, -0.2) is 0 Å². The third-order valence-corrected chi connectivity index (χ3v) is 6.21. The van der Waals surface area contributed by atoms with Crippen LogP contribution in [0, 0.1) is 12.8 Å². The maximum atomic E-state index is 13.4. The molecular formula is C29H33NO6. The summed E-state index contributed by atoms with van der Waals surface area (Å²) in [4.78, 5) is 24.5. The number of aliphatic hydroxyl groups excluding tert-OH is 1. The first-order valence-corrected chi connectivity index (χ1v) is 11.9. The molecule has 0 radical (unpaired) electrons. The number of methoxy groups -OCH3 is 2. The predicted octanol–water partition coefficient (Wildman–Crippen LogP) is 4.95. The van der Waals surface area contributed by atoms with Crippen LogP contribution in [0.3, 0.4) is 0 Å². The fraction of sp³-hybridized carbons (Fsp3) is 0.310. The predicted molar refractivity (Wildman–Crippen MR) is 139 cm³/mol. The number of carbonyl (C=O) groups is 2. The molecule has 190 valence electrons. The molecule has 0 bridgehead atoms. The summed E-state index contributed by atoms with van der Waals surface area (Å²) < 4.78 is 10.9. The van der Waals surface area contributed by atoms with E-state index in [9.17, 15) is 14.7 Å². The van der Waals surface area contributed by atoms with Gasteiger partial charge in [-0.1, -0.05) is 42.5 Å². The van der Waals surface area contributed by atoms with Crippen molar-refractivity contribution >= 4 is 17.6 Å². The summed E-state index contributed by atoms with van der Waals surface area (Å²) in [7, 11) is 3.10. The van der Waals surface area contributed by atoms with E-state index in [0.29, 0.717) is 41.2 Å². The molecule has 3 rings (SSSR count). The number of carbonyl (C=O) groups excluding carboxylic acids is 1. The van der Waals surface area contributed by atoms with E-state index >= 15 is 0 Å². The first kappa shape index (κ1) is 26.8. The quantitative estimate of drug-likeness (QED) is 0.331. The van der Waals surface area contributed by atoms with Crippen LogP contribution in [0.15, 0.2) is 66.7 Å². The number of ether oxygens (including phenoxy) is 2. The summed E-state index contributed by atoms with van der Waals surface area (Å²) in [5.74, 6) is -0.924. The van der Waals surface area contributed by atoms with Crippen LogP contribution in [0.2, 0.25) is 0 Å². The van der Waals surface area contributed by atoms with Crippen LogP contribution >= 0.6 is 0 Å². The van der Waals surface area contributed by atoms with Crippen molar-refractivity contribution in [2.75, 3.05) is 19.5 Å². The van der Waals surface area contributed by atoms with Gasteiger partial charge in [0.2, 0.25) is 5.91 Å². The highest BCUT2D eigenvalue weighted by Crippen LogP contribution is 2.36. The molecule has 0 spiro atoms. The van der Waals surface area contributed by atoms with Gasteiger partial charge in [0.25, 0.3) is 0 Å². The van der Waals surface area contributed by atoms with Crippen LogP contribution < -0.4 is 14.8 Å². The summed E-state index contributed by atoms with van der Waals surface area (Å²) in [5.41, 5.74) is 3.55. The number of amides is 1. The maximum Gasteiger partial charge on any atom is 0.307 e. The highest BCUT2D eigenvalue weighted by Gasteiger charge is 2.29. The molecule has 0 aliphatic carbocycles. The number of hydrogen-bond donors (Lipinski definition) is 3. The molecule has 1 unspecified atom stereocenters. The molecule has 0 heterocycles. The number of carboxylic acids is 1. The molecule has 1 amide bonds. The average Bonchev–Trinajstić information content (AvgIpc) is 2.86. The second kappa shape index (κ2) is 12.7. The number of aryl methyl sites for hydroxylation is 1. The van der Waals surface area contributed by atoms with Crippen molar-refractivity contribution in [2.45, 2.75) is 38.7 Å². The van der Waals surface area contributed by atoms with Gasteiger partial charge in [-0.2, -0.15) is 0 Å². The van der Waals surface area contributed by atoms with E-state index in [1.807, 2.05) is 37.3 Å². The molecule has 0 saturated carbocycles. The fourth-order valence-corrected chi connectivity index (χ4v) is 4.28. The normalized spacial score (nSPS) is 12.4. The molecule has 3 aromatic rings. The zero-order valence-electron chi connectivity index (χ0n) is 20.9. The average molecular weight is 492 g/mol. The Bertz CT molecular complexity index is 1150. The molecule has 2 atom stereocenters. The summed E-state index contributed by atoms with van der Waals surface area (Å²) in [6.07, 6.45) is 0.654. The largest absolute Gasteiger partial charge is 0.496 e. The number of rotatable bonds is 12. The Morgan fingerprint density at radius 3 is 2.17 bits per heavy atom. The molecule has 0 aliphatic rings. The first-order valence-electron chi connectivity index (χ1n) is 11.9. The monoisotopic (exact) mass is 491 g/mol. The van der Waals surface area contributed by atoms with E-state index in [2.05, 4.69) is 5.32 Å². The van der Waals surface area contributed by atoms with Crippen LogP contribution in [-0.2, 0) is 22.4 Å². The van der Waals surface area contributed by atoms with Gasteiger partial charge in [0, 0.05) is 11.3 Å². The van der Waals surface area contributed by atoms with Crippen molar-refractivity contribution in [2.24, 2.45) is 5.92 Å². The number of anilines is 1. The SMILES string of the molecule is COc1cc(C(O)[C@@H](CCCc2ccccc2)C(=O)Nc2cccc(CC(=O)O)c2)cc(OC)c1C. The molecule has 3 aromatic carbocycles. The Kier molecular flexibility index (Phi) is 9.47. The fourth-order valence-electron chi connectivity index (χ4n) is 4.28. The number of carboxylic acid groups (broad SMARTS) is 1. The minimum atomic E-state index is -1.11. The molecule has 7 nitrogen and oxygen atoms in total. The van der Waals surface area contributed by atoms with Crippen LogP contribution in [0.25, 0.3) is 0 Å². The minimum Gasteiger partial charge on any atom is -0.496 e. The first-order chi connectivity index (χ1) is 17.3. The van der Waals surface area contributed by atoms with Gasteiger partial charge in [-0.3, -0.25) is 9.59 Å². The van der Waals surface area contributed by atoms with Gasteiger partial charge in [0.1, 0.15) is 11.5 Å². The van der Waals surface area contributed by atoms with Gasteiger partial charge in [0.15, 0.2) is 0 Å². The Labute approximate surface area is 211 Å². The van der Waals surface area contributed by atoms with Gasteiger partial charge in [-0.05, 0) is 67.1 Å². The minimum absolute atomic E-state index is 0.143. The molecule has 0 aromatic heterocycles. The zero-order chi connectivity index (χ0) is 26.1. The van der Waals surface area contributed by atoms with Crippen molar-refractivity contribution in [1.82, 2.24) is 0 Å². The number of nitrogens with one attached hydrogen (secondary N) is 1. The van der Waals surface area contributed by atoms with Crippen LogP contribution in [0.4, 0.5) is 5.69 Å². The highest BCUT2D eigenvalue weighted by molar-refractivity contribution is 5.93. The molecule has 3 N–H and O–H groups in total. The maximum absolute atomic E-state index is 13.4. The van der Waals surface area contributed by atoms with Crippen molar-refractivity contribution in [3.8, 4) is 11.5 Å². The lowest BCUT2D eigenvalue weighted by Gasteiger charge is -2.24. The lowest BCUT2D eigenvalue weighted by atomic mass is 9.88. The number of aliphatic hydroxyl groups is 1. The standard InChI is InChI=1S/C29H33NO6/c1-19-25(35-2)17-22(18-26(19)36-3)28(33)24(14-8-11-20-9-5-4-6-10-20)29(34)30-23-13-7-12-21(15-23)16-27(31)32/h4-7,9-10,12-13,15,17-18,24,28,33H,8,11,14,16H2,1-3H3,(H,30,34)(H,31,32)/t24-,28?/m1/s1. The molecule has 36 heavy (non-hydrogen) atoms. The Balaban J connectivity index is 1.85. The van der Waals surface area contributed by atoms with E-state index in [4.69, 9.17) is 14.6 Å². The molecule has 0 fully saturated rings. The lowest BCUT2D eigenvalue weighted by molar-refractivity contribution is -0.136. The number of hydrogen-bond acceptors (Lipinski definition) is 5. The van der Waals surface area contributed by atoms with Gasteiger partial charge >= 0.3 is 5.97 Å². The van der Waals surface area contributed by atoms with Crippen molar-refractivity contribution in [1.29, 1.82) is 0 Å². The van der Waals surface area contributed by atoms with E-state index in [0.717, 1.165) is 17.5 Å². The summed E-state index contributed by atoms with van der Waals surface area (Å²) in [5, 5.41) is 23.3. The van der Waals surface area contributed by atoms with Crippen LogP contribution in [0.5, 0.6) is 11.5 Å². The summed E-state index contributed by atoms with van der Waals surface area (Å²) in [6, 6.07) is 20.2. The van der Waals surface area contributed by atoms with Crippen LogP contribution in [0.1, 0.15) is 41.2 Å². The van der Waals surface area contributed by atoms with E-state index < -0.39 is 18.0 Å². The van der Waals surface area contributed by atoms with E-state index in [1.54, 1.807) is 50.6 Å². The van der Waals surface area contributed by atoms with E-state index in [1.165, 1.54) is 0 Å². The Hall–Kier alpha value is -3.84. The van der Waals surface area contributed by atoms with Gasteiger partial charge < -0.3 is 25.0 Å². The molecule has 0 saturated heterocycles.